The van der Waals surface area contributed by atoms with Crippen molar-refractivity contribution in [2.24, 2.45) is 0 Å². The molecule has 7 nitrogen and oxygen atoms in total. The monoisotopic (exact) mass is 325 g/mol. The number of halogens is 1. The molecule has 0 aliphatic carbocycles. The number of benzene rings is 1. The van der Waals surface area contributed by atoms with Gasteiger partial charge in [0.2, 0.25) is 5.91 Å². The number of ether oxygens (including phenoxy) is 2. The summed E-state index contributed by atoms with van der Waals surface area (Å²) in [6, 6.07) is 5.06. The van der Waals surface area contributed by atoms with Crippen LogP contribution in [0.25, 0.3) is 0 Å². The number of amides is 3. The molecule has 0 radical (unpaired) electrons. The number of carbonyl (C=O) groups is 2. The molecule has 1 heterocycles. The smallest absolute Gasteiger partial charge is 0.315 e. The highest BCUT2D eigenvalue weighted by atomic mass is 19.1. The fraction of sp³-hybridized carbons (Fsp3) is 0.467. The number of hydrogen-bond donors (Lipinski definition) is 2. The number of carbonyl (C=O) groups excluding carboxylic acids is 2. The summed E-state index contributed by atoms with van der Waals surface area (Å²) < 4.78 is 23.2. The van der Waals surface area contributed by atoms with E-state index in [1.807, 2.05) is 0 Å². The highest BCUT2D eigenvalue weighted by Crippen LogP contribution is 2.22. The van der Waals surface area contributed by atoms with Crippen LogP contribution in [0.15, 0.2) is 24.3 Å². The van der Waals surface area contributed by atoms with Crippen molar-refractivity contribution in [3.05, 3.63) is 30.1 Å². The minimum Gasteiger partial charge on any atom is -0.354 e. The summed E-state index contributed by atoms with van der Waals surface area (Å²) in [5.41, 5.74) is 0.485. The number of hydrogen-bond acceptors (Lipinski definition) is 4. The predicted octanol–water partition coefficient (Wildman–Crippen LogP) is 0.849. The summed E-state index contributed by atoms with van der Waals surface area (Å²) in [7, 11) is 2.94. The Kier molecular flexibility index (Phi) is 5.89. The van der Waals surface area contributed by atoms with E-state index in [4.69, 9.17) is 9.47 Å². The molecule has 126 valence electrons. The van der Waals surface area contributed by atoms with Gasteiger partial charge in [0.05, 0.1) is 12.6 Å². The van der Waals surface area contributed by atoms with Crippen molar-refractivity contribution < 1.29 is 23.5 Å². The Morgan fingerprint density at radius 2 is 2.17 bits per heavy atom. The van der Waals surface area contributed by atoms with Crippen molar-refractivity contribution in [2.75, 3.05) is 32.2 Å². The Morgan fingerprint density at radius 3 is 2.83 bits per heavy atom. The highest BCUT2D eigenvalue weighted by molar-refractivity contribution is 5.96. The topological polar surface area (TPSA) is 79.9 Å². The summed E-state index contributed by atoms with van der Waals surface area (Å²) in [5, 5.41) is 5.31. The number of methoxy groups -OCH3 is 2. The lowest BCUT2D eigenvalue weighted by Gasteiger charge is -2.18. The van der Waals surface area contributed by atoms with E-state index in [1.165, 1.54) is 31.3 Å². The number of nitrogens with zero attached hydrogens (tertiary/aromatic N) is 1. The van der Waals surface area contributed by atoms with Gasteiger partial charge in [-0.2, -0.15) is 0 Å². The first-order chi connectivity index (χ1) is 11.0. The maximum Gasteiger partial charge on any atom is 0.315 e. The molecule has 0 aromatic heterocycles. The largest absolute Gasteiger partial charge is 0.354 e. The van der Waals surface area contributed by atoms with Crippen molar-refractivity contribution in [3.63, 3.8) is 0 Å². The maximum absolute atomic E-state index is 13.3. The molecule has 2 rings (SSSR count). The second-order valence-corrected chi connectivity index (χ2v) is 5.14. The molecule has 1 atom stereocenters. The summed E-state index contributed by atoms with van der Waals surface area (Å²) in [6.45, 7) is 0.487. The molecule has 1 saturated heterocycles. The van der Waals surface area contributed by atoms with E-state index in [9.17, 15) is 14.0 Å². The van der Waals surface area contributed by atoms with Gasteiger partial charge in [-0.15, -0.1) is 0 Å². The molecular formula is C15H20FN3O4. The van der Waals surface area contributed by atoms with Crippen LogP contribution in [-0.2, 0) is 14.3 Å². The Hall–Kier alpha value is -2.19. The standard InChI is InChI=1S/C15H20FN3O4/c1-22-14(23-2)8-17-15(21)18-11-7-13(20)19(9-11)12-5-3-4-10(16)6-12/h3-6,11,14H,7-9H2,1-2H3,(H2,17,18,21)/t11-/m0/s1. The number of rotatable bonds is 6. The third-order valence-electron chi connectivity index (χ3n) is 3.54. The van der Waals surface area contributed by atoms with E-state index in [2.05, 4.69) is 10.6 Å². The first-order valence-electron chi connectivity index (χ1n) is 7.19. The van der Waals surface area contributed by atoms with Crippen LogP contribution in [0.3, 0.4) is 0 Å². The second kappa shape index (κ2) is 7.89. The van der Waals surface area contributed by atoms with E-state index in [0.29, 0.717) is 12.2 Å². The minimum atomic E-state index is -0.533. The lowest BCUT2D eigenvalue weighted by molar-refractivity contribution is -0.117. The summed E-state index contributed by atoms with van der Waals surface area (Å²) in [5.74, 6) is -0.567. The van der Waals surface area contributed by atoms with Gasteiger partial charge in [0.1, 0.15) is 5.82 Å². The zero-order valence-electron chi connectivity index (χ0n) is 13.0. The molecule has 0 saturated carbocycles. The van der Waals surface area contributed by atoms with Crippen molar-refractivity contribution in [1.82, 2.24) is 10.6 Å². The molecule has 1 aromatic rings. The number of urea groups is 1. The van der Waals surface area contributed by atoms with Gasteiger partial charge in [-0.05, 0) is 18.2 Å². The predicted molar refractivity (Wildman–Crippen MR) is 81.5 cm³/mol. The van der Waals surface area contributed by atoms with Crippen LogP contribution in [0.4, 0.5) is 14.9 Å². The summed E-state index contributed by atoms with van der Waals surface area (Å²) >= 11 is 0. The molecule has 0 unspecified atom stereocenters. The molecule has 1 aliphatic rings. The Morgan fingerprint density at radius 1 is 1.43 bits per heavy atom. The van der Waals surface area contributed by atoms with E-state index >= 15 is 0 Å². The fourth-order valence-electron chi connectivity index (χ4n) is 2.37. The van der Waals surface area contributed by atoms with Crippen molar-refractivity contribution in [3.8, 4) is 0 Å². The molecule has 1 aliphatic heterocycles. The number of anilines is 1. The highest BCUT2D eigenvalue weighted by Gasteiger charge is 2.31. The summed E-state index contributed by atoms with van der Waals surface area (Å²) in [6.07, 6.45) is -0.364. The van der Waals surface area contributed by atoms with E-state index in [1.54, 1.807) is 12.1 Å². The summed E-state index contributed by atoms with van der Waals surface area (Å²) in [4.78, 5) is 25.3. The van der Waals surface area contributed by atoms with Crippen LogP contribution in [-0.4, -0.2) is 51.6 Å². The van der Waals surface area contributed by atoms with E-state index in [-0.39, 0.29) is 24.9 Å². The lowest BCUT2D eigenvalue weighted by Crippen LogP contribution is -2.46. The molecule has 1 fully saturated rings. The molecule has 8 heteroatoms. The van der Waals surface area contributed by atoms with Crippen LogP contribution in [0.2, 0.25) is 0 Å². The van der Waals surface area contributed by atoms with Crippen molar-refractivity contribution in [2.45, 2.75) is 18.8 Å². The first-order valence-corrected chi connectivity index (χ1v) is 7.19. The van der Waals surface area contributed by atoms with Gasteiger partial charge in [-0.3, -0.25) is 4.79 Å². The molecule has 0 bridgehead atoms. The molecule has 23 heavy (non-hydrogen) atoms. The van der Waals surface area contributed by atoms with Crippen LogP contribution < -0.4 is 15.5 Å². The zero-order valence-corrected chi connectivity index (χ0v) is 13.0. The van der Waals surface area contributed by atoms with E-state index in [0.717, 1.165) is 0 Å². The zero-order chi connectivity index (χ0) is 16.8. The normalized spacial score (nSPS) is 17.7. The molecule has 2 N–H and O–H groups in total. The molecular weight excluding hydrogens is 305 g/mol. The average molecular weight is 325 g/mol. The van der Waals surface area contributed by atoms with Gasteiger partial charge in [-0.25, -0.2) is 9.18 Å². The fourth-order valence-corrected chi connectivity index (χ4v) is 2.37. The third kappa shape index (κ3) is 4.64. The Balaban J connectivity index is 1.86. The Labute approximate surface area is 133 Å². The van der Waals surface area contributed by atoms with Gasteiger partial charge < -0.3 is 25.0 Å². The van der Waals surface area contributed by atoms with Crippen LogP contribution in [0.5, 0.6) is 0 Å². The SMILES string of the molecule is COC(CNC(=O)N[C@H]1CC(=O)N(c2cccc(F)c2)C1)OC. The first kappa shape index (κ1) is 17.2. The van der Waals surface area contributed by atoms with Gasteiger partial charge in [-0.1, -0.05) is 6.07 Å². The van der Waals surface area contributed by atoms with Gasteiger partial charge >= 0.3 is 6.03 Å². The van der Waals surface area contributed by atoms with E-state index < -0.39 is 18.1 Å². The van der Waals surface area contributed by atoms with Crippen LogP contribution in [0.1, 0.15) is 6.42 Å². The lowest BCUT2D eigenvalue weighted by atomic mass is 10.2. The van der Waals surface area contributed by atoms with Gasteiger partial charge in [0.25, 0.3) is 0 Å². The van der Waals surface area contributed by atoms with Gasteiger partial charge in [0.15, 0.2) is 6.29 Å². The van der Waals surface area contributed by atoms with Crippen LogP contribution >= 0.6 is 0 Å². The third-order valence-corrected chi connectivity index (χ3v) is 3.54. The van der Waals surface area contributed by atoms with Crippen molar-refractivity contribution in [1.29, 1.82) is 0 Å². The molecule has 1 aromatic carbocycles. The average Bonchev–Trinajstić information content (AvgIpc) is 2.88. The minimum absolute atomic E-state index is 0.160. The molecule has 3 amide bonds. The van der Waals surface area contributed by atoms with Gasteiger partial charge in [0, 0.05) is 32.9 Å². The Bertz CT molecular complexity index is 565. The van der Waals surface area contributed by atoms with Crippen molar-refractivity contribution >= 4 is 17.6 Å². The molecule has 0 spiro atoms. The van der Waals surface area contributed by atoms with Crippen LogP contribution in [0, 0.1) is 5.82 Å². The maximum atomic E-state index is 13.3. The quantitative estimate of drug-likeness (QED) is 0.760. The number of nitrogens with one attached hydrogen (secondary N) is 2. The second-order valence-electron chi connectivity index (χ2n) is 5.14.